The van der Waals surface area contributed by atoms with Gasteiger partial charge in [-0.05, 0) is 36.8 Å². The predicted molar refractivity (Wildman–Crippen MR) is 107 cm³/mol. The molecular weight excluding hydrogens is 372 g/mol. The minimum atomic E-state index is 0.649. The molecule has 0 aliphatic carbocycles. The molecule has 1 aromatic heterocycles. The number of nitriles is 1. The van der Waals surface area contributed by atoms with Crippen LogP contribution in [0.1, 0.15) is 24.5 Å². The van der Waals surface area contributed by atoms with Crippen LogP contribution in [0.25, 0.3) is 11.4 Å². The third-order valence-electron chi connectivity index (χ3n) is 4.53. The van der Waals surface area contributed by atoms with Gasteiger partial charge in [0, 0.05) is 24.3 Å². The van der Waals surface area contributed by atoms with Gasteiger partial charge in [0.25, 0.3) is 0 Å². The number of benzene rings is 2. The Labute approximate surface area is 168 Å². The van der Waals surface area contributed by atoms with Gasteiger partial charge in [0.1, 0.15) is 0 Å². The Balaban J connectivity index is 1.60. The first-order chi connectivity index (χ1) is 13.8. The molecule has 6 nitrogen and oxygen atoms in total. The topological polar surface area (TPSA) is 73.0 Å². The Hall–Kier alpha value is -2.98. The van der Waals surface area contributed by atoms with Crippen molar-refractivity contribution in [3.05, 3.63) is 53.6 Å². The first-order valence-electron chi connectivity index (χ1n) is 9.24. The fraction of sp³-hybridized carbons (Fsp3) is 0.286. The number of fused-ring (bicyclic) bond motifs is 1. The van der Waals surface area contributed by atoms with Gasteiger partial charge in [-0.1, -0.05) is 30.0 Å². The van der Waals surface area contributed by atoms with Crippen molar-refractivity contribution in [1.29, 1.82) is 5.26 Å². The minimum absolute atomic E-state index is 0.649. The Morgan fingerprint density at radius 2 is 1.93 bits per heavy atom. The van der Waals surface area contributed by atoms with Gasteiger partial charge in [-0.3, -0.25) is 0 Å². The maximum Gasteiger partial charge on any atom is 0.191 e. The van der Waals surface area contributed by atoms with E-state index in [0.29, 0.717) is 24.5 Å². The second-order valence-electron chi connectivity index (χ2n) is 6.32. The van der Waals surface area contributed by atoms with Crippen LogP contribution in [0.4, 0.5) is 0 Å². The molecular formula is C21H20N4O2S. The van der Waals surface area contributed by atoms with E-state index in [-0.39, 0.29) is 0 Å². The lowest BCUT2D eigenvalue weighted by atomic mass is 10.1. The van der Waals surface area contributed by atoms with Crippen molar-refractivity contribution in [1.82, 2.24) is 14.8 Å². The largest absolute Gasteiger partial charge is 0.490 e. The number of hydrogen-bond acceptors (Lipinski definition) is 6. The maximum atomic E-state index is 9.27. The highest BCUT2D eigenvalue weighted by molar-refractivity contribution is 7.98. The summed E-state index contributed by atoms with van der Waals surface area (Å²) in [5.41, 5.74) is 2.64. The zero-order valence-corrected chi connectivity index (χ0v) is 16.4. The zero-order chi connectivity index (χ0) is 19.3. The van der Waals surface area contributed by atoms with E-state index < -0.39 is 0 Å². The van der Waals surface area contributed by atoms with E-state index in [1.165, 1.54) is 0 Å². The third-order valence-corrected chi connectivity index (χ3v) is 5.55. The zero-order valence-electron chi connectivity index (χ0n) is 15.6. The van der Waals surface area contributed by atoms with Crippen LogP contribution in [0, 0.1) is 11.3 Å². The lowest BCUT2D eigenvalue weighted by Gasteiger charge is -2.11. The van der Waals surface area contributed by atoms with Gasteiger partial charge in [-0.25, -0.2) is 0 Å². The van der Waals surface area contributed by atoms with E-state index in [0.717, 1.165) is 46.6 Å². The molecule has 0 unspecified atom stereocenters. The fourth-order valence-corrected chi connectivity index (χ4v) is 4.10. The average molecular weight is 392 g/mol. The summed E-state index contributed by atoms with van der Waals surface area (Å²) in [6.45, 7) is 4.14. The summed E-state index contributed by atoms with van der Waals surface area (Å²) in [5.74, 6) is 2.99. The van der Waals surface area contributed by atoms with Gasteiger partial charge in [-0.2, -0.15) is 5.26 Å². The molecule has 0 radical (unpaired) electrons. The van der Waals surface area contributed by atoms with Crippen molar-refractivity contribution in [3.63, 3.8) is 0 Å². The molecule has 0 N–H and O–H groups in total. The summed E-state index contributed by atoms with van der Waals surface area (Å²) in [5, 5.41) is 18.9. The van der Waals surface area contributed by atoms with E-state index in [1.54, 1.807) is 11.8 Å². The predicted octanol–water partition coefficient (Wildman–Crippen LogP) is 4.29. The SMILES string of the molecule is CCn1c(SCc2ccccc2C#N)nnc1-c1ccc2c(c1)OCCCO2. The molecule has 28 heavy (non-hydrogen) atoms. The molecule has 4 rings (SSSR count). The third kappa shape index (κ3) is 3.69. The highest BCUT2D eigenvalue weighted by atomic mass is 32.2. The summed E-state index contributed by atoms with van der Waals surface area (Å²) >= 11 is 1.58. The van der Waals surface area contributed by atoms with E-state index in [4.69, 9.17) is 9.47 Å². The molecule has 2 heterocycles. The molecule has 0 saturated heterocycles. The second-order valence-corrected chi connectivity index (χ2v) is 7.26. The van der Waals surface area contributed by atoms with Crippen LogP contribution in [0.3, 0.4) is 0 Å². The molecule has 1 aliphatic rings. The molecule has 142 valence electrons. The summed E-state index contributed by atoms with van der Waals surface area (Å²) in [4.78, 5) is 0. The Bertz CT molecular complexity index is 1030. The minimum Gasteiger partial charge on any atom is -0.490 e. The molecule has 7 heteroatoms. The molecule has 0 fully saturated rings. The molecule has 0 amide bonds. The molecule has 3 aromatic rings. The summed E-state index contributed by atoms with van der Waals surface area (Å²) < 4.78 is 13.6. The van der Waals surface area contributed by atoms with Gasteiger partial charge in [0.2, 0.25) is 0 Å². The van der Waals surface area contributed by atoms with Gasteiger partial charge < -0.3 is 14.0 Å². The Morgan fingerprint density at radius 3 is 2.75 bits per heavy atom. The molecule has 0 atom stereocenters. The highest BCUT2D eigenvalue weighted by Crippen LogP contribution is 2.35. The summed E-state index contributed by atoms with van der Waals surface area (Å²) in [7, 11) is 0. The molecule has 2 aromatic carbocycles. The second kappa shape index (κ2) is 8.36. The van der Waals surface area contributed by atoms with Gasteiger partial charge >= 0.3 is 0 Å². The van der Waals surface area contributed by atoms with Crippen LogP contribution >= 0.6 is 11.8 Å². The van der Waals surface area contributed by atoms with Gasteiger partial charge in [0.15, 0.2) is 22.5 Å². The number of aromatic nitrogens is 3. The van der Waals surface area contributed by atoms with Crippen LogP contribution in [0.2, 0.25) is 0 Å². The van der Waals surface area contributed by atoms with Gasteiger partial charge in [0.05, 0.1) is 24.8 Å². The fourth-order valence-electron chi connectivity index (χ4n) is 3.09. The van der Waals surface area contributed by atoms with Crippen molar-refractivity contribution in [3.8, 4) is 29.0 Å². The lowest BCUT2D eigenvalue weighted by Crippen LogP contribution is -2.01. The standard InChI is InChI=1S/C21H20N4O2S/c1-2-25-20(15-8-9-18-19(12-15)27-11-5-10-26-18)23-24-21(25)28-14-17-7-4-3-6-16(17)13-22/h3-4,6-9,12H,2,5,10-11,14H2,1H3. The molecule has 0 spiro atoms. The van der Waals surface area contributed by atoms with Crippen molar-refractivity contribution in [2.24, 2.45) is 0 Å². The Morgan fingerprint density at radius 1 is 1.11 bits per heavy atom. The quantitative estimate of drug-likeness (QED) is 0.603. The van der Waals surface area contributed by atoms with E-state index in [1.807, 2.05) is 42.5 Å². The smallest absolute Gasteiger partial charge is 0.191 e. The normalized spacial score (nSPS) is 13.0. The van der Waals surface area contributed by atoms with Crippen LogP contribution in [0.15, 0.2) is 47.6 Å². The number of nitrogens with zero attached hydrogens (tertiary/aromatic N) is 4. The first-order valence-corrected chi connectivity index (χ1v) is 10.2. The number of ether oxygens (including phenoxy) is 2. The average Bonchev–Trinajstić information content (AvgIpc) is 3.00. The van der Waals surface area contributed by atoms with Gasteiger partial charge in [-0.15, -0.1) is 10.2 Å². The van der Waals surface area contributed by atoms with Crippen LogP contribution in [-0.4, -0.2) is 28.0 Å². The van der Waals surface area contributed by atoms with Crippen molar-refractivity contribution in [2.75, 3.05) is 13.2 Å². The van der Waals surface area contributed by atoms with Crippen molar-refractivity contribution < 1.29 is 9.47 Å². The van der Waals surface area contributed by atoms with E-state index >= 15 is 0 Å². The van der Waals surface area contributed by atoms with E-state index in [9.17, 15) is 5.26 Å². The summed E-state index contributed by atoms with van der Waals surface area (Å²) in [6, 6.07) is 15.8. The van der Waals surface area contributed by atoms with Crippen LogP contribution in [-0.2, 0) is 12.3 Å². The molecule has 1 aliphatic heterocycles. The number of hydrogen-bond donors (Lipinski definition) is 0. The van der Waals surface area contributed by atoms with Crippen molar-refractivity contribution >= 4 is 11.8 Å². The molecule has 0 bridgehead atoms. The lowest BCUT2D eigenvalue weighted by molar-refractivity contribution is 0.297. The summed E-state index contributed by atoms with van der Waals surface area (Å²) in [6.07, 6.45) is 0.875. The number of thioether (sulfide) groups is 1. The monoisotopic (exact) mass is 392 g/mol. The molecule has 0 saturated carbocycles. The van der Waals surface area contributed by atoms with Crippen LogP contribution < -0.4 is 9.47 Å². The first kappa shape index (κ1) is 18.4. The number of rotatable bonds is 5. The maximum absolute atomic E-state index is 9.27. The van der Waals surface area contributed by atoms with Crippen molar-refractivity contribution in [2.45, 2.75) is 30.8 Å². The van der Waals surface area contributed by atoms with E-state index in [2.05, 4.69) is 27.8 Å². The van der Waals surface area contributed by atoms with Crippen LogP contribution in [0.5, 0.6) is 11.5 Å². The highest BCUT2D eigenvalue weighted by Gasteiger charge is 2.17. The Kier molecular flexibility index (Phi) is 5.49.